The van der Waals surface area contributed by atoms with Crippen LogP contribution >= 0.6 is 32.9 Å². The molecule has 0 aromatic carbocycles. The summed E-state index contributed by atoms with van der Waals surface area (Å²) in [6, 6.07) is 0. The molecule has 0 spiro atoms. The predicted molar refractivity (Wildman–Crippen MR) is 46.5 cm³/mol. The molecule has 0 amide bonds. The number of halogens is 2. The van der Waals surface area contributed by atoms with E-state index in [2.05, 4.69) is 21.2 Å². The van der Waals surface area contributed by atoms with E-state index in [0.717, 1.165) is 19.5 Å². The molecule has 2 N–H and O–H groups in total. The van der Waals surface area contributed by atoms with Crippen LogP contribution in [0.3, 0.4) is 0 Å². The fraction of sp³-hybridized carbons (Fsp3) is 1.00. The molecule has 1 fully saturated rings. The number of alkyl halides is 1. The van der Waals surface area contributed by atoms with Gasteiger partial charge in [0.05, 0.1) is 6.10 Å². The van der Waals surface area contributed by atoms with Crippen LogP contribution in [-0.4, -0.2) is 29.1 Å². The summed E-state index contributed by atoms with van der Waals surface area (Å²) < 4.78 is 0. The van der Waals surface area contributed by atoms with Crippen molar-refractivity contribution in [2.45, 2.75) is 17.4 Å². The Bertz CT molecular complexity index is 71.4. The van der Waals surface area contributed by atoms with Crippen LogP contribution in [0.15, 0.2) is 0 Å². The van der Waals surface area contributed by atoms with Crippen molar-refractivity contribution in [3.63, 3.8) is 0 Å². The highest BCUT2D eigenvalue weighted by atomic mass is 79.9. The third-order valence-electron chi connectivity index (χ3n) is 1.37. The zero-order chi connectivity index (χ0) is 5.98. The second-order valence-electron chi connectivity index (χ2n) is 2.08. The minimum Gasteiger partial charge on any atom is -0.391 e. The number of aliphatic hydroxyl groups is 1. The first-order valence-corrected chi connectivity index (χ1v) is 3.75. The molecule has 4 heteroatoms. The number of hydrogen-bond donors (Lipinski definition) is 2. The van der Waals surface area contributed by atoms with Crippen LogP contribution in [0, 0.1) is 0 Å². The largest absolute Gasteiger partial charge is 0.391 e. The van der Waals surface area contributed by atoms with Gasteiger partial charge in [0.2, 0.25) is 0 Å². The smallest absolute Gasteiger partial charge is 0.0789 e. The van der Waals surface area contributed by atoms with Crippen molar-refractivity contribution in [2.24, 2.45) is 0 Å². The molecule has 0 bridgehead atoms. The first-order valence-electron chi connectivity index (χ1n) is 2.83. The Labute approximate surface area is 73.9 Å². The lowest BCUT2D eigenvalue weighted by molar-refractivity contribution is 0.151. The number of aliphatic hydroxyl groups excluding tert-OH is 1. The van der Waals surface area contributed by atoms with Gasteiger partial charge in [-0.3, -0.25) is 0 Å². The van der Waals surface area contributed by atoms with Crippen LogP contribution in [0.25, 0.3) is 0 Å². The van der Waals surface area contributed by atoms with Gasteiger partial charge in [-0.25, -0.2) is 0 Å². The Hall–Kier alpha value is 0.880. The first kappa shape index (κ1) is 9.88. The fourth-order valence-electron chi connectivity index (χ4n) is 0.810. The quantitative estimate of drug-likeness (QED) is 0.628. The van der Waals surface area contributed by atoms with E-state index in [1.165, 1.54) is 0 Å². The van der Waals surface area contributed by atoms with E-state index < -0.39 is 0 Å². The van der Waals surface area contributed by atoms with Crippen molar-refractivity contribution in [3.05, 3.63) is 0 Å². The maximum atomic E-state index is 9.07. The van der Waals surface area contributed by atoms with Crippen LogP contribution in [0.2, 0.25) is 0 Å². The van der Waals surface area contributed by atoms with Gasteiger partial charge in [0.1, 0.15) is 0 Å². The molecule has 0 aromatic rings. The van der Waals surface area contributed by atoms with Crippen molar-refractivity contribution in [2.75, 3.05) is 13.1 Å². The van der Waals surface area contributed by atoms with E-state index in [1.54, 1.807) is 0 Å². The Morgan fingerprint density at radius 3 is 2.56 bits per heavy atom. The van der Waals surface area contributed by atoms with Crippen LogP contribution in [0.5, 0.6) is 0 Å². The van der Waals surface area contributed by atoms with Gasteiger partial charge in [-0.15, -0.1) is 17.0 Å². The van der Waals surface area contributed by atoms with E-state index in [1.807, 2.05) is 0 Å². The number of β-amino-alcohol motifs (C(OH)–C–C–N with tert-alkyl or cyclic N) is 1. The van der Waals surface area contributed by atoms with Crippen LogP contribution in [-0.2, 0) is 0 Å². The molecule has 2 unspecified atom stereocenters. The van der Waals surface area contributed by atoms with Gasteiger partial charge in [0, 0.05) is 11.4 Å². The molecule has 1 heterocycles. The maximum Gasteiger partial charge on any atom is 0.0789 e. The van der Waals surface area contributed by atoms with E-state index >= 15 is 0 Å². The van der Waals surface area contributed by atoms with Crippen molar-refractivity contribution in [1.29, 1.82) is 0 Å². The molecule has 1 aliphatic rings. The Morgan fingerprint density at radius 1 is 1.56 bits per heavy atom. The van der Waals surface area contributed by atoms with Crippen LogP contribution in [0.4, 0.5) is 0 Å². The molecule has 2 atom stereocenters. The molecule has 0 saturated carbocycles. The highest BCUT2D eigenvalue weighted by Gasteiger charge is 2.18. The number of piperidine rings is 1. The van der Waals surface area contributed by atoms with Crippen molar-refractivity contribution >= 4 is 32.9 Å². The average Bonchev–Trinajstić information content (AvgIpc) is 1.77. The Kier molecular flexibility index (Phi) is 5.11. The summed E-state index contributed by atoms with van der Waals surface area (Å²) in [5.74, 6) is 0. The summed E-state index contributed by atoms with van der Waals surface area (Å²) >= 11 is 3.36. The SMILES string of the molecule is Br.OC1CNCCC1Br. The predicted octanol–water partition coefficient (Wildman–Crippen LogP) is 0.682. The van der Waals surface area contributed by atoms with Crippen molar-refractivity contribution in [3.8, 4) is 0 Å². The normalized spacial score (nSPS) is 35.3. The van der Waals surface area contributed by atoms with E-state index in [9.17, 15) is 0 Å². The molecule has 0 aliphatic carbocycles. The summed E-state index contributed by atoms with van der Waals surface area (Å²) in [7, 11) is 0. The second kappa shape index (κ2) is 4.66. The lowest BCUT2D eigenvalue weighted by Gasteiger charge is -2.23. The summed E-state index contributed by atoms with van der Waals surface area (Å²) in [5.41, 5.74) is 0. The molecular weight excluding hydrogens is 250 g/mol. The molecule has 1 saturated heterocycles. The fourth-order valence-corrected chi connectivity index (χ4v) is 1.23. The molecule has 1 aliphatic heterocycles. The topological polar surface area (TPSA) is 32.3 Å². The van der Waals surface area contributed by atoms with Crippen LogP contribution in [0.1, 0.15) is 6.42 Å². The highest BCUT2D eigenvalue weighted by molar-refractivity contribution is 9.09. The van der Waals surface area contributed by atoms with Gasteiger partial charge < -0.3 is 10.4 Å². The highest BCUT2D eigenvalue weighted by Crippen LogP contribution is 2.12. The van der Waals surface area contributed by atoms with E-state index in [-0.39, 0.29) is 23.1 Å². The molecule has 0 aromatic heterocycles. The molecule has 0 radical (unpaired) electrons. The van der Waals surface area contributed by atoms with Gasteiger partial charge in [-0.1, -0.05) is 15.9 Å². The third-order valence-corrected chi connectivity index (χ3v) is 2.44. The summed E-state index contributed by atoms with van der Waals surface area (Å²) in [6.07, 6.45) is 0.838. The van der Waals surface area contributed by atoms with Crippen LogP contribution < -0.4 is 5.32 Å². The lowest BCUT2D eigenvalue weighted by atomic mass is 10.1. The van der Waals surface area contributed by atoms with Crippen molar-refractivity contribution < 1.29 is 5.11 Å². The molecule has 9 heavy (non-hydrogen) atoms. The number of hydrogen-bond acceptors (Lipinski definition) is 2. The minimum absolute atomic E-state index is 0. The summed E-state index contributed by atoms with van der Waals surface area (Å²) in [5, 5.41) is 12.2. The van der Waals surface area contributed by atoms with Gasteiger partial charge >= 0.3 is 0 Å². The number of nitrogens with one attached hydrogen (secondary N) is 1. The average molecular weight is 261 g/mol. The first-order chi connectivity index (χ1) is 3.80. The third kappa shape index (κ3) is 2.98. The Balaban J connectivity index is 0.000000640. The monoisotopic (exact) mass is 259 g/mol. The molecule has 1 rings (SSSR count). The second-order valence-corrected chi connectivity index (χ2v) is 3.25. The number of rotatable bonds is 0. The zero-order valence-electron chi connectivity index (χ0n) is 5.01. The lowest BCUT2D eigenvalue weighted by Crippen LogP contribution is -2.40. The van der Waals surface area contributed by atoms with Gasteiger partial charge in [-0.05, 0) is 13.0 Å². The van der Waals surface area contributed by atoms with E-state index in [4.69, 9.17) is 5.11 Å². The zero-order valence-corrected chi connectivity index (χ0v) is 8.31. The summed E-state index contributed by atoms with van der Waals surface area (Å²) in [4.78, 5) is 0.309. The van der Waals surface area contributed by atoms with Gasteiger partial charge in [0.25, 0.3) is 0 Å². The minimum atomic E-state index is -0.191. The molecule has 2 nitrogen and oxygen atoms in total. The van der Waals surface area contributed by atoms with Gasteiger partial charge in [-0.2, -0.15) is 0 Å². The molecular formula is C5H11Br2NO. The standard InChI is InChI=1S/C5H10BrNO.BrH/c6-4-1-2-7-3-5(4)8;/h4-5,7-8H,1-3H2;1H. The van der Waals surface area contributed by atoms with E-state index in [0.29, 0.717) is 4.83 Å². The Morgan fingerprint density at radius 2 is 2.22 bits per heavy atom. The summed E-state index contributed by atoms with van der Waals surface area (Å²) in [6.45, 7) is 1.75. The molecule has 56 valence electrons. The maximum absolute atomic E-state index is 9.07. The van der Waals surface area contributed by atoms with Crippen molar-refractivity contribution in [1.82, 2.24) is 5.32 Å². The van der Waals surface area contributed by atoms with Gasteiger partial charge in [0.15, 0.2) is 0 Å².